The minimum atomic E-state index is -0.831. The van der Waals surface area contributed by atoms with Gasteiger partial charge in [0.05, 0.1) is 24.7 Å². The van der Waals surface area contributed by atoms with Gasteiger partial charge in [0.25, 0.3) is 23.4 Å². The largest absolute Gasteiger partial charge is 0.477 e. The number of ether oxygens (including phenoxy) is 2. The third-order valence-electron chi connectivity index (χ3n) is 2.96. The van der Waals surface area contributed by atoms with Gasteiger partial charge >= 0.3 is 0 Å². The number of nitro benzene ring substituents is 1. The number of hydrogen-bond donors (Lipinski definition) is 1. The Bertz CT molecular complexity index is 759. The van der Waals surface area contributed by atoms with Crippen molar-refractivity contribution in [3.63, 3.8) is 0 Å². The maximum Gasteiger partial charge on any atom is 0.278 e. The number of hydrogen-bond acceptors (Lipinski definition) is 7. The number of carbonyl (C=O) groups excluding carboxylic acids is 1. The van der Waals surface area contributed by atoms with E-state index in [1.807, 2.05) is 0 Å². The quantitative estimate of drug-likeness (QED) is 0.655. The first-order valence-electron chi connectivity index (χ1n) is 5.78. The number of primary amides is 1. The normalized spacial score (nSPS) is 10.4. The van der Waals surface area contributed by atoms with Gasteiger partial charge in [-0.1, -0.05) is 0 Å². The van der Waals surface area contributed by atoms with Crippen LogP contribution in [0.5, 0.6) is 11.8 Å². The van der Waals surface area contributed by atoms with Crippen LogP contribution in [0.15, 0.2) is 6.07 Å². The molecule has 0 unspecified atom stereocenters. The van der Waals surface area contributed by atoms with Crippen LogP contribution in [-0.2, 0) is 0 Å². The summed E-state index contributed by atoms with van der Waals surface area (Å²) in [6.07, 6.45) is 0. The number of methoxy groups -OCH3 is 2. The molecule has 2 N–H and O–H groups in total. The lowest BCUT2D eigenvalue weighted by molar-refractivity contribution is -0.385. The molecule has 0 spiro atoms. The van der Waals surface area contributed by atoms with Crippen LogP contribution >= 0.6 is 0 Å². The van der Waals surface area contributed by atoms with E-state index in [2.05, 4.69) is 9.97 Å². The second-order valence-corrected chi connectivity index (χ2v) is 4.13. The SMILES string of the molecule is COc1nc2cc([N+](=O)[O-])c(C)c(C(N)=O)c2nc1OC. The van der Waals surface area contributed by atoms with Crippen LogP contribution in [0.3, 0.4) is 0 Å². The first-order valence-corrected chi connectivity index (χ1v) is 5.78. The van der Waals surface area contributed by atoms with Crippen molar-refractivity contribution in [2.45, 2.75) is 6.92 Å². The summed E-state index contributed by atoms with van der Waals surface area (Å²) in [7, 11) is 2.72. The number of aromatic nitrogens is 2. The molecule has 0 bridgehead atoms. The van der Waals surface area contributed by atoms with Crippen molar-refractivity contribution in [3.05, 3.63) is 27.3 Å². The summed E-state index contributed by atoms with van der Waals surface area (Å²) < 4.78 is 10.0. The molecule has 21 heavy (non-hydrogen) atoms. The predicted molar refractivity (Wildman–Crippen MR) is 72.6 cm³/mol. The van der Waals surface area contributed by atoms with Crippen LogP contribution in [0.4, 0.5) is 5.69 Å². The summed E-state index contributed by atoms with van der Waals surface area (Å²) in [5, 5.41) is 11.1. The molecular weight excluding hydrogens is 280 g/mol. The Morgan fingerprint density at radius 1 is 1.29 bits per heavy atom. The lowest BCUT2D eigenvalue weighted by atomic mass is 10.0. The molecule has 9 nitrogen and oxygen atoms in total. The molecule has 0 saturated heterocycles. The lowest BCUT2D eigenvalue weighted by Crippen LogP contribution is -2.15. The van der Waals surface area contributed by atoms with E-state index in [4.69, 9.17) is 15.2 Å². The summed E-state index contributed by atoms with van der Waals surface area (Å²) in [4.78, 5) is 30.3. The smallest absolute Gasteiger partial charge is 0.278 e. The van der Waals surface area contributed by atoms with Crippen molar-refractivity contribution in [2.24, 2.45) is 5.73 Å². The predicted octanol–water partition coefficient (Wildman–Crippen LogP) is 0.963. The molecule has 1 aromatic carbocycles. The van der Waals surface area contributed by atoms with E-state index in [0.29, 0.717) is 0 Å². The molecule has 0 aliphatic heterocycles. The summed E-state index contributed by atoms with van der Waals surface area (Å²) in [6, 6.07) is 1.21. The molecular formula is C12H12N4O5. The zero-order valence-corrected chi connectivity index (χ0v) is 11.5. The minimum absolute atomic E-state index is 0.0542. The molecule has 1 aromatic heterocycles. The lowest BCUT2D eigenvalue weighted by Gasteiger charge is -2.10. The van der Waals surface area contributed by atoms with Crippen LogP contribution in [0.25, 0.3) is 11.0 Å². The summed E-state index contributed by atoms with van der Waals surface area (Å²) in [5.41, 5.74) is 5.36. The summed E-state index contributed by atoms with van der Waals surface area (Å²) in [5.74, 6) is -0.720. The Morgan fingerprint density at radius 3 is 2.33 bits per heavy atom. The van der Waals surface area contributed by atoms with Gasteiger partial charge in [-0.15, -0.1) is 0 Å². The Labute approximate surface area is 118 Å². The Balaban J connectivity index is 2.96. The maximum absolute atomic E-state index is 11.6. The zero-order chi connectivity index (χ0) is 15.7. The molecule has 0 aliphatic carbocycles. The highest BCUT2D eigenvalue weighted by Gasteiger charge is 2.24. The molecule has 9 heteroatoms. The van der Waals surface area contributed by atoms with Crippen molar-refractivity contribution < 1.29 is 19.2 Å². The number of nitro groups is 1. The average molecular weight is 292 g/mol. The highest BCUT2D eigenvalue weighted by Crippen LogP contribution is 2.32. The fourth-order valence-corrected chi connectivity index (χ4v) is 2.00. The summed E-state index contributed by atoms with van der Waals surface area (Å²) >= 11 is 0. The van der Waals surface area contributed by atoms with Crippen LogP contribution in [-0.4, -0.2) is 35.0 Å². The molecule has 1 amide bonds. The van der Waals surface area contributed by atoms with E-state index in [1.54, 1.807) is 0 Å². The van der Waals surface area contributed by atoms with Gasteiger partial charge in [-0.05, 0) is 6.92 Å². The standard InChI is InChI=1S/C12H12N4O5/c1-5-7(16(18)19)4-6-9(8(5)10(13)17)15-12(21-3)11(14-6)20-2/h4H,1-3H3,(H2,13,17). The van der Waals surface area contributed by atoms with Gasteiger partial charge in [0.2, 0.25) is 0 Å². The molecule has 0 atom stereocenters. The second kappa shape index (κ2) is 5.19. The van der Waals surface area contributed by atoms with Crippen LogP contribution in [0.1, 0.15) is 15.9 Å². The van der Waals surface area contributed by atoms with Crippen molar-refractivity contribution in [2.75, 3.05) is 14.2 Å². The van der Waals surface area contributed by atoms with Crippen LogP contribution in [0.2, 0.25) is 0 Å². The number of fused-ring (bicyclic) bond motifs is 1. The molecule has 110 valence electrons. The van der Waals surface area contributed by atoms with Crippen molar-refractivity contribution in [1.82, 2.24) is 9.97 Å². The number of amides is 1. The number of carbonyl (C=O) groups is 1. The fraction of sp³-hybridized carbons (Fsp3) is 0.250. The third kappa shape index (κ3) is 2.29. The topological polar surface area (TPSA) is 130 Å². The van der Waals surface area contributed by atoms with Crippen LogP contribution < -0.4 is 15.2 Å². The van der Waals surface area contributed by atoms with E-state index >= 15 is 0 Å². The van der Waals surface area contributed by atoms with Gasteiger partial charge in [0.15, 0.2) is 0 Å². The van der Waals surface area contributed by atoms with E-state index < -0.39 is 10.8 Å². The first kappa shape index (κ1) is 14.4. The molecule has 0 radical (unpaired) electrons. The average Bonchev–Trinajstić information content (AvgIpc) is 2.44. The molecule has 2 rings (SSSR count). The van der Waals surface area contributed by atoms with Gasteiger partial charge in [-0.2, -0.15) is 0 Å². The van der Waals surface area contributed by atoms with E-state index in [-0.39, 0.29) is 39.6 Å². The maximum atomic E-state index is 11.6. The van der Waals surface area contributed by atoms with Gasteiger partial charge < -0.3 is 15.2 Å². The van der Waals surface area contributed by atoms with Gasteiger partial charge in [0, 0.05) is 11.6 Å². The van der Waals surface area contributed by atoms with Gasteiger partial charge in [-0.25, -0.2) is 9.97 Å². The van der Waals surface area contributed by atoms with Crippen molar-refractivity contribution >= 4 is 22.6 Å². The number of nitrogens with zero attached hydrogens (tertiary/aromatic N) is 3. The monoisotopic (exact) mass is 292 g/mol. The molecule has 1 heterocycles. The Morgan fingerprint density at radius 2 is 1.86 bits per heavy atom. The Hall–Kier alpha value is -2.97. The van der Waals surface area contributed by atoms with E-state index in [1.165, 1.54) is 27.2 Å². The molecule has 0 aliphatic rings. The highest BCUT2D eigenvalue weighted by atomic mass is 16.6. The zero-order valence-electron chi connectivity index (χ0n) is 11.5. The Kier molecular flexibility index (Phi) is 3.57. The van der Waals surface area contributed by atoms with Gasteiger partial charge in [-0.3, -0.25) is 14.9 Å². The minimum Gasteiger partial charge on any atom is -0.477 e. The summed E-state index contributed by atoms with van der Waals surface area (Å²) in [6.45, 7) is 1.43. The first-order chi connectivity index (χ1) is 9.90. The van der Waals surface area contributed by atoms with E-state index in [0.717, 1.165) is 0 Å². The molecule has 2 aromatic rings. The van der Waals surface area contributed by atoms with Crippen molar-refractivity contribution in [3.8, 4) is 11.8 Å². The van der Waals surface area contributed by atoms with Crippen LogP contribution in [0, 0.1) is 17.0 Å². The molecule has 0 fully saturated rings. The fourth-order valence-electron chi connectivity index (χ4n) is 2.00. The van der Waals surface area contributed by atoms with Crippen molar-refractivity contribution in [1.29, 1.82) is 0 Å². The third-order valence-corrected chi connectivity index (χ3v) is 2.96. The highest BCUT2D eigenvalue weighted by molar-refractivity contribution is 6.06. The number of benzene rings is 1. The number of rotatable bonds is 4. The second-order valence-electron chi connectivity index (χ2n) is 4.13. The number of nitrogens with two attached hydrogens (primary N) is 1. The van der Waals surface area contributed by atoms with E-state index in [9.17, 15) is 14.9 Å². The molecule has 0 saturated carbocycles. The van der Waals surface area contributed by atoms with Gasteiger partial charge in [0.1, 0.15) is 11.0 Å².